The average Bonchev–Trinajstić information content (AvgIpc) is 3.07. The lowest BCUT2D eigenvalue weighted by atomic mass is 10.1. The summed E-state index contributed by atoms with van der Waals surface area (Å²) in [5.74, 6) is -0.600. The number of aryl methyl sites for hydroxylation is 1. The van der Waals surface area contributed by atoms with Crippen LogP contribution in [0.4, 0.5) is 10.1 Å². The van der Waals surface area contributed by atoms with Gasteiger partial charge >= 0.3 is 0 Å². The van der Waals surface area contributed by atoms with Crippen LogP contribution in [-0.2, 0) is 11.2 Å². The number of benzene rings is 2. The van der Waals surface area contributed by atoms with Crippen LogP contribution >= 0.6 is 0 Å². The fraction of sp³-hybridized carbons (Fsp3) is 0.105. The second-order valence-corrected chi connectivity index (χ2v) is 6.08. The van der Waals surface area contributed by atoms with Gasteiger partial charge in [0.2, 0.25) is 5.91 Å². The van der Waals surface area contributed by atoms with Gasteiger partial charge in [-0.3, -0.25) is 14.7 Å². The maximum Gasteiger partial charge on any atom is 0.251 e. The standard InChI is InChI=1S/C19H15FN4O2/c20-14-4-1-11-7-12(19(26)23-16(11)8-14)3-6-18(25)22-15-5-2-13-10-21-24-17(13)9-15/h1-2,4-5,7-10H,3,6H2,(H,21,24)(H,22,25)(H,23,26). The number of aromatic nitrogens is 3. The summed E-state index contributed by atoms with van der Waals surface area (Å²) in [5, 5.41) is 11.3. The molecule has 0 unspecified atom stereocenters. The largest absolute Gasteiger partial charge is 0.326 e. The number of H-pyrrole nitrogens is 2. The molecule has 4 rings (SSSR count). The number of halogens is 1. The van der Waals surface area contributed by atoms with Crippen molar-refractivity contribution in [3.05, 3.63) is 70.4 Å². The highest BCUT2D eigenvalue weighted by atomic mass is 19.1. The summed E-state index contributed by atoms with van der Waals surface area (Å²) < 4.78 is 13.2. The van der Waals surface area contributed by atoms with Gasteiger partial charge in [0.1, 0.15) is 5.82 Å². The monoisotopic (exact) mass is 350 g/mol. The van der Waals surface area contributed by atoms with Crippen LogP contribution in [0.5, 0.6) is 0 Å². The van der Waals surface area contributed by atoms with E-state index in [1.807, 2.05) is 6.07 Å². The third-order valence-corrected chi connectivity index (χ3v) is 4.23. The number of rotatable bonds is 4. The summed E-state index contributed by atoms with van der Waals surface area (Å²) in [6.45, 7) is 0. The highest BCUT2D eigenvalue weighted by molar-refractivity contribution is 5.93. The van der Waals surface area contributed by atoms with Crippen molar-refractivity contribution in [1.29, 1.82) is 0 Å². The van der Waals surface area contributed by atoms with Gasteiger partial charge in [0.05, 0.1) is 17.2 Å². The molecule has 0 fully saturated rings. The number of nitrogens with one attached hydrogen (secondary N) is 3. The molecule has 0 saturated carbocycles. The van der Waals surface area contributed by atoms with E-state index in [4.69, 9.17) is 0 Å². The van der Waals surface area contributed by atoms with Crippen molar-refractivity contribution in [1.82, 2.24) is 15.2 Å². The summed E-state index contributed by atoms with van der Waals surface area (Å²) >= 11 is 0. The SMILES string of the molecule is O=C(CCc1cc2ccc(F)cc2[nH]c1=O)Nc1ccc2cn[nH]c2c1. The smallest absolute Gasteiger partial charge is 0.251 e. The fourth-order valence-electron chi connectivity index (χ4n) is 2.89. The van der Waals surface area contributed by atoms with E-state index >= 15 is 0 Å². The molecule has 0 radical (unpaired) electrons. The Morgan fingerprint density at radius 3 is 2.81 bits per heavy atom. The average molecular weight is 350 g/mol. The summed E-state index contributed by atoms with van der Waals surface area (Å²) in [5.41, 5.74) is 2.12. The Hall–Kier alpha value is -3.48. The summed E-state index contributed by atoms with van der Waals surface area (Å²) in [6.07, 6.45) is 2.16. The molecule has 0 aliphatic rings. The van der Waals surface area contributed by atoms with E-state index in [0.717, 1.165) is 16.3 Å². The Balaban J connectivity index is 1.46. The van der Waals surface area contributed by atoms with Crippen LogP contribution in [-0.4, -0.2) is 21.1 Å². The van der Waals surface area contributed by atoms with E-state index in [9.17, 15) is 14.0 Å². The first kappa shape index (κ1) is 16.0. The second kappa shape index (κ2) is 6.44. The molecule has 4 aromatic rings. The summed E-state index contributed by atoms with van der Waals surface area (Å²) in [4.78, 5) is 26.9. The van der Waals surface area contributed by atoms with E-state index in [2.05, 4.69) is 20.5 Å². The lowest BCUT2D eigenvalue weighted by Crippen LogP contribution is -2.17. The highest BCUT2D eigenvalue weighted by Gasteiger charge is 2.08. The molecule has 26 heavy (non-hydrogen) atoms. The van der Waals surface area contributed by atoms with Crippen LogP contribution in [0, 0.1) is 5.82 Å². The van der Waals surface area contributed by atoms with Crippen molar-refractivity contribution >= 4 is 33.4 Å². The number of nitrogens with zero attached hydrogens (tertiary/aromatic N) is 1. The number of carbonyl (C=O) groups is 1. The van der Waals surface area contributed by atoms with Crippen LogP contribution in [0.1, 0.15) is 12.0 Å². The Bertz CT molecular complexity index is 1180. The molecular weight excluding hydrogens is 335 g/mol. The van der Waals surface area contributed by atoms with Crippen LogP contribution in [0.3, 0.4) is 0 Å². The van der Waals surface area contributed by atoms with E-state index in [1.54, 1.807) is 30.5 Å². The lowest BCUT2D eigenvalue weighted by Gasteiger charge is -2.06. The number of amides is 1. The van der Waals surface area contributed by atoms with Gasteiger partial charge in [0.25, 0.3) is 5.56 Å². The normalized spacial score (nSPS) is 11.1. The zero-order valence-electron chi connectivity index (χ0n) is 13.7. The molecule has 0 atom stereocenters. The number of anilines is 1. The maximum absolute atomic E-state index is 13.2. The van der Waals surface area contributed by atoms with Crippen LogP contribution in [0.2, 0.25) is 0 Å². The van der Waals surface area contributed by atoms with E-state index in [0.29, 0.717) is 23.2 Å². The predicted molar refractivity (Wildman–Crippen MR) is 97.6 cm³/mol. The van der Waals surface area contributed by atoms with Crippen molar-refractivity contribution in [3.63, 3.8) is 0 Å². The topological polar surface area (TPSA) is 90.6 Å². The second-order valence-electron chi connectivity index (χ2n) is 6.08. The lowest BCUT2D eigenvalue weighted by molar-refractivity contribution is -0.116. The van der Waals surface area contributed by atoms with Crippen molar-refractivity contribution < 1.29 is 9.18 Å². The minimum absolute atomic E-state index is 0.163. The molecule has 7 heteroatoms. The van der Waals surface area contributed by atoms with Crippen molar-refractivity contribution in [2.75, 3.05) is 5.32 Å². The number of hydrogen-bond donors (Lipinski definition) is 3. The Kier molecular flexibility index (Phi) is 3.96. The minimum Gasteiger partial charge on any atom is -0.326 e. The Morgan fingerprint density at radius 2 is 1.92 bits per heavy atom. The predicted octanol–water partition coefficient (Wildman–Crippen LogP) is 3.11. The third-order valence-electron chi connectivity index (χ3n) is 4.23. The number of fused-ring (bicyclic) bond motifs is 2. The molecule has 0 aliphatic carbocycles. The van der Waals surface area contributed by atoms with Gasteiger partial charge in [-0.2, -0.15) is 5.10 Å². The molecule has 2 heterocycles. The zero-order valence-corrected chi connectivity index (χ0v) is 13.7. The Morgan fingerprint density at radius 1 is 1.08 bits per heavy atom. The number of pyridine rings is 1. The molecule has 0 aliphatic heterocycles. The molecule has 3 N–H and O–H groups in total. The minimum atomic E-state index is -0.408. The molecule has 2 aromatic carbocycles. The van der Waals surface area contributed by atoms with Gasteiger partial charge in [0.15, 0.2) is 0 Å². The third kappa shape index (κ3) is 3.19. The van der Waals surface area contributed by atoms with Gasteiger partial charge in [-0.05, 0) is 54.3 Å². The van der Waals surface area contributed by atoms with Crippen LogP contribution in [0.25, 0.3) is 21.8 Å². The van der Waals surface area contributed by atoms with Gasteiger partial charge in [-0.25, -0.2) is 4.39 Å². The first-order valence-corrected chi connectivity index (χ1v) is 8.13. The molecule has 2 aromatic heterocycles. The number of hydrogen-bond acceptors (Lipinski definition) is 3. The highest BCUT2D eigenvalue weighted by Crippen LogP contribution is 2.17. The van der Waals surface area contributed by atoms with Gasteiger partial charge in [-0.1, -0.05) is 0 Å². The van der Waals surface area contributed by atoms with Gasteiger partial charge in [-0.15, -0.1) is 0 Å². The Labute approximate surface area is 147 Å². The molecule has 0 bridgehead atoms. The fourth-order valence-corrected chi connectivity index (χ4v) is 2.89. The van der Waals surface area contributed by atoms with E-state index in [-0.39, 0.29) is 17.9 Å². The van der Waals surface area contributed by atoms with Crippen molar-refractivity contribution in [3.8, 4) is 0 Å². The first-order valence-electron chi connectivity index (χ1n) is 8.13. The van der Waals surface area contributed by atoms with E-state index < -0.39 is 5.82 Å². The summed E-state index contributed by atoms with van der Waals surface area (Å²) in [7, 11) is 0. The van der Waals surface area contributed by atoms with Crippen molar-refractivity contribution in [2.24, 2.45) is 0 Å². The molecular formula is C19H15FN4O2. The van der Waals surface area contributed by atoms with Crippen LogP contribution < -0.4 is 10.9 Å². The number of aromatic amines is 2. The van der Waals surface area contributed by atoms with Gasteiger partial charge in [0, 0.05) is 23.1 Å². The molecule has 0 spiro atoms. The van der Waals surface area contributed by atoms with Gasteiger partial charge < -0.3 is 10.3 Å². The van der Waals surface area contributed by atoms with Crippen molar-refractivity contribution in [2.45, 2.75) is 12.8 Å². The molecule has 6 nitrogen and oxygen atoms in total. The first-order chi connectivity index (χ1) is 12.6. The molecule has 130 valence electrons. The van der Waals surface area contributed by atoms with E-state index in [1.165, 1.54) is 12.1 Å². The summed E-state index contributed by atoms with van der Waals surface area (Å²) in [6, 6.07) is 11.4. The number of carbonyl (C=O) groups excluding carboxylic acids is 1. The maximum atomic E-state index is 13.2. The molecule has 1 amide bonds. The van der Waals surface area contributed by atoms with Crippen LogP contribution in [0.15, 0.2) is 53.5 Å². The molecule has 0 saturated heterocycles. The quantitative estimate of drug-likeness (QED) is 0.528. The zero-order chi connectivity index (χ0) is 18.1.